The maximum Gasteiger partial charge on any atom is 0.313 e. The van der Waals surface area contributed by atoms with E-state index in [2.05, 4.69) is 5.32 Å². The van der Waals surface area contributed by atoms with E-state index in [4.69, 9.17) is 14.6 Å². The topological polar surface area (TPSA) is 84.9 Å². The van der Waals surface area contributed by atoms with E-state index in [-0.39, 0.29) is 17.4 Å². The van der Waals surface area contributed by atoms with E-state index in [0.29, 0.717) is 30.4 Å². The van der Waals surface area contributed by atoms with Gasteiger partial charge < -0.3 is 19.9 Å². The Morgan fingerprint density at radius 1 is 1.20 bits per heavy atom. The minimum Gasteiger partial charge on any atom is -0.490 e. The summed E-state index contributed by atoms with van der Waals surface area (Å²) in [5.74, 6) is 0.110. The molecular formula is C13H15NO5S. The van der Waals surface area contributed by atoms with Crippen molar-refractivity contribution in [1.29, 1.82) is 0 Å². The zero-order chi connectivity index (χ0) is 14.4. The highest BCUT2D eigenvalue weighted by Gasteiger charge is 2.12. The van der Waals surface area contributed by atoms with Crippen LogP contribution in [0.15, 0.2) is 18.2 Å². The smallest absolute Gasteiger partial charge is 0.313 e. The van der Waals surface area contributed by atoms with Gasteiger partial charge in [-0.2, -0.15) is 0 Å². The largest absolute Gasteiger partial charge is 0.490 e. The number of carboxylic acid groups (broad SMARTS) is 1. The normalized spacial score (nSPS) is 13.4. The van der Waals surface area contributed by atoms with Crippen LogP contribution in [0.3, 0.4) is 0 Å². The van der Waals surface area contributed by atoms with Crippen molar-refractivity contribution in [2.24, 2.45) is 0 Å². The lowest BCUT2D eigenvalue weighted by molar-refractivity contribution is -0.133. The monoisotopic (exact) mass is 297 g/mol. The highest BCUT2D eigenvalue weighted by atomic mass is 32.2. The van der Waals surface area contributed by atoms with Crippen LogP contribution in [-0.2, 0) is 9.59 Å². The number of anilines is 1. The van der Waals surface area contributed by atoms with Gasteiger partial charge in [-0.1, -0.05) is 0 Å². The molecule has 0 fully saturated rings. The second kappa shape index (κ2) is 7.04. The number of benzene rings is 1. The summed E-state index contributed by atoms with van der Waals surface area (Å²) >= 11 is 1.05. The molecule has 20 heavy (non-hydrogen) atoms. The fourth-order valence-corrected chi connectivity index (χ4v) is 2.20. The van der Waals surface area contributed by atoms with Gasteiger partial charge in [0.2, 0.25) is 5.91 Å². The summed E-state index contributed by atoms with van der Waals surface area (Å²) in [5.41, 5.74) is 0.607. The lowest BCUT2D eigenvalue weighted by Gasteiger charge is -2.10. The molecule has 1 aromatic rings. The first-order valence-corrected chi connectivity index (χ1v) is 7.29. The van der Waals surface area contributed by atoms with Gasteiger partial charge in [-0.25, -0.2) is 0 Å². The molecule has 1 aromatic carbocycles. The second-order valence-electron chi connectivity index (χ2n) is 4.15. The van der Waals surface area contributed by atoms with Crippen molar-refractivity contribution in [3.8, 4) is 11.5 Å². The molecule has 0 spiro atoms. The number of nitrogens with one attached hydrogen (secondary N) is 1. The van der Waals surface area contributed by atoms with Gasteiger partial charge in [0.25, 0.3) is 0 Å². The fraction of sp³-hybridized carbons (Fsp3) is 0.385. The SMILES string of the molecule is O=C(O)CSCC(=O)Nc1ccc2c(c1)OCCCO2. The van der Waals surface area contributed by atoms with E-state index in [0.717, 1.165) is 18.2 Å². The van der Waals surface area contributed by atoms with Crippen LogP contribution >= 0.6 is 11.8 Å². The molecule has 2 rings (SSSR count). The number of hydrogen-bond donors (Lipinski definition) is 2. The number of amides is 1. The number of carbonyl (C=O) groups is 2. The minimum atomic E-state index is -0.932. The number of carbonyl (C=O) groups excluding carboxylic acids is 1. The average Bonchev–Trinajstić information content (AvgIpc) is 2.62. The molecule has 0 saturated carbocycles. The summed E-state index contributed by atoms with van der Waals surface area (Å²) in [6.07, 6.45) is 0.822. The molecule has 0 saturated heterocycles. The maximum atomic E-state index is 11.6. The van der Waals surface area contributed by atoms with E-state index in [1.165, 1.54) is 0 Å². The van der Waals surface area contributed by atoms with Crippen LogP contribution in [0.5, 0.6) is 11.5 Å². The average molecular weight is 297 g/mol. The quantitative estimate of drug-likeness (QED) is 0.859. The summed E-state index contributed by atoms with van der Waals surface area (Å²) in [5, 5.41) is 11.2. The summed E-state index contributed by atoms with van der Waals surface area (Å²) in [6.45, 7) is 1.20. The highest BCUT2D eigenvalue weighted by Crippen LogP contribution is 2.32. The summed E-state index contributed by atoms with van der Waals surface area (Å²) in [4.78, 5) is 22.0. The standard InChI is InChI=1S/C13H15NO5S/c15-12(7-20-8-13(16)17)14-9-2-3-10-11(6-9)19-5-1-4-18-10/h2-3,6H,1,4-5,7-8H2,(H,14,15)(H,16,17). The zero-order valence-electron chi connectivity index (χ0n) is 10.8. The first kappa shape index (κ1) is 14.5. The van der Waals surface area contributed by atoms with Gasteiger partial charge in [-0.3, -0.25) is 9.59 Å². The second-order valence-corrected chi connectivity index (χ2v) is 5.13. The van der Waals surface area contributed by atoms with Crippen molar-refractivity contribution in [1.82, 2.24) is 0 Å². The predicted octanol–water partition coefficient (Wildman–Crippen LogP) is 1.60. The Hall–Kier alpha value is -1.89. The zero-order valence-corrected chi connectivity index (χ0v) is 11.6. The first-order valence-electron chi connectivity index (χ1n) is 6.14. The summed E-state index contributed by atoms with van der Waals surface area (Å²) in [6, 6.07) is 5.19. The molecule has 2 N–H and O–H groups in total. The number of aliphatic carboxylic acids is 1. The first-order chi connectivity index (χ1) is 9.65. The fourth-order valence-electron chi connectivity index (χ4n) is 1.67. The number of fused-ring (bicyclic) bond motifs is 1. The number of rotatable bonds is 5. The molecule has 108 valence electrons. The number of thioether (sulfide) groups is 1. The Kier molecular flexibility index (Phi) is 5.11. The van der Waals surface area contributed by atoms with Crippen molar-refractivity contribution >= 4 is 29.3 Å². The molecule has 7 heteroatoms. The molecule has 0 aromatic heterocycles. The van der Waals surface area contributed by atoms with Crippen LogP contribution in [0.1, 0.15) is 6.42 Å². The molecule has 0 bridgehead atoms. The molecule has 0 unspecified atom stereocenters. The van der Waals surface area contributed by atoms with Crippen molar-refractivity contribution in [3.05, 3.63) is 18.2 Å². The molecule has 1 aliphatic heterocycles. The van der Waals surface area contributed by atoms with E-state index in [1.54, 1.807) is 18.2 Å². The number of hydrogen-bond acceptors (Lipinski definition) is 5. The van der Waals surface area contributed by atoms with Crippen molar-refractivity contribution in [2.75, 3.05) is 30.0 Å². The van der Waals surface area contributed by atoms with Crippen molar-refractivity contribution in [2.45, 2.75) is 6.42 Å². The van der Waals surface area contributed by atoms with Crippen LogP contribution in [0.25, 0.3) is 0 Å². The van der Waals surface area contributed by atoms with Gasteiger partial charge in [0, 0.05) is 18.2 Å². The molecule has 1 amide bonds. The van der Waals surface area contributed by atoms with Crippen LogP contribution in [0, 0.1) is 0 Å². The lowest BCUT2D eigenvalue weighted by Crippen LogP contribution is -2.15. The van der Waals surface area contributed by atoms with Gasteiger partial charge in [-0.15, -0.1) is 11.8 Å². The van der Waals surface area contributed by atoms with Gasteiger partial charge in [0.05, 0.1) is 24.7 Å². The highest BCUT2D eigenvalue weighted by molar-refractivity contribution is 8.00. The maximum absolute atomic E-state index is 11.6. The van der Waals surface area contributed by atoms with E-state index >= 15 is 0 Å². The lowest BCUT2D eigenvalue weighted by atomic mass is 10.2. The molecular weight excluding hydrogens is 282 g/mol. The van der Waals surface area contributed by atoms with Gasteiger partial charge in [-0.05, 0) is 12.1 Å². The Morgan fingerprint density at radius 2 is 1.95 bits per heavy atom. The molecule has 0 radical (unpaired) electrons. The van der Waals surface area contributed by atoms with E-state index in [1.807, 2.05) is 0 Å². The van der Waals surface area contributed by atoms with Gasteiger partial charge >= 0.3 is 5.97 Å². The third-order valence-electron chi connectivity index (χ3n) is 2.49. The molecule has 0 aliphatic carbocycles. The minimum absolute atomic E-state index is 0.0887. The Morgan fingerprint density at radius 3 is 2.70 bits per heavy atom. The molecule has 1 heterocycles. The third kappa shape index (κ3) is 4.34. The van der Waals surface area contributed by atoms with Gasteiger partial charge in [0.15, 0.2) is 11.5 Å². The van der Waals surface area contributed by atoms with Crippen molar-refractivity contribution < 1.29 is 24.2 Å². The molecule has 1 aliphatic rings. The molecule has 6 nitrogen and oxygen atoms in total. The molecule has 0 atom stereocenters. The summed E-state index contributed by atoms with van der Waals surface area (Å²) in [7, 11) is 0. The Bertz CT molecular complexity index is 506. The van der Waals surface area contributed by atoms with Crippen molar-refractivity contribution in [3.63, 3.8) is 0 Å². The van der Waals surface area contributed by atoms with E-state index in [9.17, 15) is 9.59 Å². The Labute approximate surface area is 120 Å². The van der Waals surface area contributed by atoms with E-state index < -0.39 is 5.97 Å². The third-order valence-corrected chi connectivity index (χ3v) is 3.41. The Balaban J connectivity index is 1.91. The number of ether oxygens (including phenoxy) is 2. The summed E-state index contributed by atoms with van der Waals surface area (Å²) < 4.78 is 11.0. The number of carboxylic acids is 1. The van der Waals surface area contributed by atoms with Crippen LogP contribution in [-0.4, -0.2) is 41.7 Å². The van der Waals surface area contributed by atoms with Crippen LogP contribution in [0.4, 0.5) is 5.69 Å². The van der Waals surface area contributed by atoms with Crippen LogP contribution in [0.2, 0.25) is 0 Å². The van der Waals surface area contributed by atoms with Gasteiger partial charge in [0.1, 0.15) is 0 Å². The predicted molar refractivity (Wildman–Crippen MR) is 75.6 cm³/mol. The van der Waals surface area contributed by atoms with Crippen LogP contribution < -0.4 is 14.8 Å².